The normalized spacial score (nSPS) is 10.9. The lowest BCUT2D eigenvalue weighted by molar-refractivity contribution is -0.121. The third-order valence-corrected chi connectivity index (χ3v) is 5.74. The van der Waals surface area contributed by atoms with E-state index in [4.69, 9.17) is 9.47 Å². The maximum absolute atomic E-state index is 12.1. The van der Waals surface area contributed by atoms with Crippen molar-refractivity contribution in [2.75, 3.05) is 13.2 Å². The highest BCUT2D eigenvalue weighted by Gasteiger charge is 2.05. The van der Waals surface area contributed by atoms with Crippen LogP contribution in [0.2, 0.25) is 0 Å². The molecule has 0 atom stereocenters. The number of amides is 2. The molecule has 0 aromatic heterocycles. The minimum absolute atomic E-state index is 0.197. The number of rotatable bonds is 16. The van der Waals surface area contributed by atoms with E-state index in [1.54, 1.807) is 12.2 Å². The maximum atomic E-state index is 12.1. The topological polar surface area (TPSA) is 101 Å². The van der Waals surface area contributed by atoms with Crippen LogP contribution in [0.25, 0.3) is 0 Å². The van der Waals surface area contributed by atoms with Crippen LogP contribution < -0.4 is 20.3 Å². The number of hydrogen-bond acceptors (Lipinski definition) is 6. The van der Waals surface area contributed by atoms with Crippen molar-refractivity contribution in [3.63, 3.8) is 0 Å². The quantitative estimate of drug-likeness (QED) is 0.104. The van der Waals surface area contributed by atoms with Crippen molar-refractivity contribution in [3.8, 4) is 11.5 Å². The van der Waals surface area contributed by atoms with Gasteiger partial charge in [0.25, 0.3) is 0 Å². The van der Waals surface area contributed by atoms with Crippen molar-refractivity contribution in [3.05, 3.63) is 81.8 Å². The lowest BCUT2D eigenvalue weighted by atomic mass is 10.1. The zero-order chi connectivity index (χ0) is 26.9. The van der Waals surface area contributed by atoms with Gasteiger partial charge in [-0.25, -0.2) is 10.9 Å². The summed E-state index contributed by atoms with van der Waals surface area (Å²) in [4.78, 5) is 24.1. The highest BCUT2D eigenvalue weighted by atomic mass is 79.9. The van der Waals surface area contributed by atoms with Crippen LogP contribution in [0.5, 0.6) is 11.5 Å². The van der Waals surface area contributed by atoms with E-state index in [1.165, 1.54) is 12.4 Å². The number of ether oxygens (including phenoxy) is 2. The van der Waals surface area contributed by atoms with Crippen LogP contribution in [0, 0.1) is 0 Å². The number of benzene rings is 2. The Morgan fingerprint density at radius 1 is 0.757 bits per heavy atom. The van der Waals surface area contributed by atoms with Crippen LogP contribution in [-0.4, -0.2) is 37.5 Å². The minimum atomic E-state index is -0.197. The highest BCUT2D eigenvalue weighted by Crippen LogP contribution is 2.22. The molecular weight excluding hydrogens is 604 g/mol. The Morgan fingerprint density at radius 2 is 1.19 bits per heavy atom. The molecule has 0 aliphatic rings. The molecule has 196 valence electrons. The van der Waals surface area contributed by atoms with E-state index in [0.29, 0.717) is 50.4 Å². The minimum Gasteiger partial charge on any atom is -0.489 e. The molecular formula is C27H30Br2N4O4. The molecule has 0 aliphatic carbocycles. The Hall–Kier alpha value is -3.24. The molecule has 2 N–H and O–H groups in total. The van der Waals surface area contributed by atoms with Gasteiger partial charge in [-0.05, 0) is 49.2 Å². The number of unbranched alkanes of at least 4 members (excludes halogenated alkanes) is 2. The van der Waals surface area contributed by atoms with Crippen LogP contribution in [-0.2, 0) is 9.59 Å². The van der Waals surface area contributed by atoms with E-state index < -0.39 is 0 Å². The summed E-state index contributed by atoms with van der Waals surface area (Å²) in [6.45, 7) is 8.02. The fraction of sp³-hybridized carbons (Fsp3) is 0.259. The molecule has 2 amide bonds. The van der Waals surface area contributed by atoms with Crippen LogP contribution in [0.4, 0.5) is 0 Å². The average Bonchev–Trinajstić information content (AvgIpc) is 2.87. The standard InChI is InChI=1S/C27H30Br2N4O4/c1-3-14-36-24-12-10-22(28)16-20(24)18-30-32-26(34)8-6-5-7-9-27(35)33-31-19-21-17-23(29)11-13-25(21)37-15-4-2/h3-4,10-13,16-19H,1-2,5-9,14-15H2,(H,32,34)(H,33,35)/b30-18-,31-19-. The van der Waals surface area contributed by atoms with Crippen molar-refractivity contribution in [1.29, 1.82) is 0 Å². The zero-order valence-corrected chi connectivity index (χ0v) is 23.6. The van der Waals surface area contributed by atoms with Gasteiger partial charge < -0.3 is 9.47 Å². The Morgan fingerprint density at radius 3 is 1.59 bits per heavy atom. The van der Waals surface area contributed by atoms with Gasteiger partial charge in [-0.3, -0.25) is 9.59 Å². The second kappa shape index (κ2) is 17.3. The zero-order valence-electron chi connectivity index (χ0n) is 20.4. The molecule has 2 aromatic rings. The largest absolute Gasteiger partial charge is 0.489 e. The summed E-state index contributed by atoms with van der Waals surface area (Å²) in [6, 6.07) is 11.0. The summed E-state index contributed by atoms with van der Waals surface area (Å²) in [5.41, 5.74) is 6.50. The average molecular weight is 634 g/mol. The lowest BCUT2D eigenvalue weighted by Crippen LogP contribution is -2.18. The second-order valence-electron chi connectivity index (χ2n) is 7.71. The van der Waals surface area contributed by atoms with Crippen molar-refractivity contribution in [1.82, 2.24) is 10.9 Å². The summed E-state index contributed by atoms with van der Waals surface area (Å²) < 4.78 is 12.9. The third kappa shape index (κ3) is 12.0. The van der Waals surface area contributed by atoms with E-state index in [0.717, 1.165) is 26.5 Å². The summed E-state index contributed by atoms with van der Waals surface area (Å²) in [5.74, 6) is 0.887. The smallest absolute Gasteiger partial charge is 0.240 e. The number of carbonyl (C=O) groups is 2. The first kappa shape index (κ1) is 30.0. The number of nitrogens with one attached hydrogen (secondary N) is 2. The molecule has 0 radical (unpaired) electrons. The molecule has 10 heteroatoms. The second-order valence-corrected chi connectivity index (χ2v) is 9.54. The van der Waals surface area contributed by atoms with Gasteiger partial charge in [0.1, 0.15) is 24.7 Å². The van der Waals surface area contributed by atoms with Gasteiger partial charge in [-0.2, -0.15) is 10.2 Å². The first-order valence-corrected chi connectivity index (χ1v) is 13.2. The van der Waals surface area contributed by atoms with Gasteiger partial charge in [0, 0.05) is 32.9 Å². The van der Waals surface area contributed by atoms with Crippen LogP contribution in [0.1, 0.15) is 43.2 Å². The van der Waals surface area contributed by atoms with E-state index in [-0.39, 0.29) is 11.8 Å². The molecule has 2 rings (SSSR count). The van der Waals surface area contributed by atoms with E-state index in [1.807, 2.05) is 36.4 Å². The molecule has 37 heavy (non-hydrogen) atoms. The first-order valence-electron chi connectivity index (χ1n) is 11.6. The van der Waals surface area contributed by atoms with Gasteiger partial charge in [0.15, 0.2) is 0 Å². The Balaban J connectivity index is 1.67. The molecule has 0 heterocycles. The molecule has 0 aliphatic heterocycles. The molecule has 0 saturated heterocycles. The summed E-state index contributed by atoms with van der Waals surface area (Å²) >= 11 is 6.82. The van der Waals surface area contributed by atoms with Crippen molar-refractivity contribution in [2.24, 2.45) is 10.2 Å². The van der Waals surface area contributed by atoms with Crippen molar-refractivity contribution < 1.29 is 19.1 Å². The maximum Gasteiger partial charge on any atom is 0.240 e. The van der Waals surface area contributed by atoms with Gasteiger partial charge in [0.05, 0.1) is 12.4 Å². The van der Waals surface area contributed by atoms with Crippen molar-refractivity contribution in [2.45, 2.75) is 32.1 Å². The fourth-order valence-corrected chi connectivity index (χ4v) is 3.77. The molecule has 0 saturated carbocycles. The number of hydrogen-bond donors (Lipinski definition) is 2. The Kier molecular flexibility index (Phi) is 14.0. The summed E-state index contributed by atoms with van der Waals surface area (Å²) in [6.07, 6.45) is 9.02. The van der Waals surface area contributed by atoms with Crippen LogP contribution >= 0.6 is 31.9 Å². The SMILES string of the molecule is C=CCOc1ccc(Br)cc1/C=N\NC(=O)CCCCCC(=O)N/N=C\c1cc(Br)ccc1OCC=C. The molecule has 8 nitrogen and oxygen atoms in total. The van der Waals surface area contributed by atoms with Gasteiger partial charge in [-0.1, -0.05) is 63.6 Å². The summed E-state index contributed by atoms with van der Waals surface area (Å²) in [5, 5.41) is 8.03. The molecule has 2 aromatic carbocycles. The van der Waals surface area contributed by atoms with Crippen LogP contribution in [0.15, 0.2) is 80.9 Å². The van der Waals surface area contributed by atoms with Gasteiger partial charge in [0.2, 0.25) is 11.8 Å². The number of hydrazone groups is 2. The predicted molar refractivity (Wildman–Crippen MR) is 154 cm³/mol. The molecule has 0 spiro atoms. The van der Waals surface area contributed by atoms with Crippen LogP contribution in [0.3, 0.4) is 0 Å². The predicted octanol–water partition coefficient (Wildman–Crippen LogP) is 5.89. The van der Waals surface area contributed by atoms with Gasteiger partial charge in [-0.15, -0.1) is 0 Å². The number of nitrogens with zero attached hydrogens (tertiary/aromatic N) is 2. The Bertz CT molecular complexity index is 1050. The van der Waals surface area contributed by atoms with E-state index >= 15 is 0 Å². The molecule has 0 fully saturated rings. The molecule has 0 bridgehead atoms. The van der Waals surface area contributed by atoms with E-state index in [2.05, 4.69) is 66.1 Å². The number of carbonyl (C=O) groups excluding carboxylic acids is 2. The lowest BCUT2D eigenvalue weighted by Gasteiger charge is -2.07. The third-order valence-electron chi connectivity index (χ3n) is 4.75. The number of halogens is 2. The monoisotopic (exact) mass is 632 g/mol. The first-order chi connectivity index (χ1) is 17.9. The van der Waals surface area contributed by atoms with E-state index in [9.17, 15) is 9.59 Å². The van der Waals surface area contributed by atoms with Gasteiger partial charge >= 0.3 is 0 Å². The molecule has 0 unspecified atom stereocenters. The van der Waals surface area contributed by atoms with Crippen molar-refractivity contribution >= 4 is 56.1 Å². The fourth-order valence-electron chi connectivity index (χ4n) is 3.01. The summed E-state index contributed by atoms with van der Waals surface area (Å²) in [7, 11) is 0. The Labute approximate surface area is 234 Å². The highest BCUT2D eigenvalue weighted by molar-refractivity contribution is 9.10.